The summed E-state index contributed by atoms with van der Waals surface area (Å²) in [5, 5.41) is 51.6. The number of carboxylic acids is 1. The van der Waals surface area contributed by atoms with Crippen LogP contribution in [0.15, 0.2) is 54.6 Å². The van der Waals surface area contributed by atoms with Gasteiger partial charge >= 0.3 is 5.97 Å². The Hall–Kier alpha value is -4.07. The van der Waals surface area contributed by atoms with Crippen molar-refractivity contribution in [2.75, 3.05) is 14.2 Å². The van der Waals surface area contributed by atoms with Gasteiger partial charge < -0.3 is 54.0 Å². The van der Waals surface area contributed by atoms with Gasteiger partial charge in [0.1, 0.15) is 35.9 Å². The lowest BCUT2D eigenvalue weighted by Gasteiger charge is -2.39. The van der Waals surface area contributed by atoms with Gasteiger partial charge in [0, 0.05) is 17.2 Å². The Labute approximate surface area is 246 Å². The van der Waals surface area contributed by atoms with Gasteiger partial charge in [-0.2, -0.15) is 0 Å². The van der Waals surface area contributed by atoms with Crippen LogP contribution in [0, 0.1) is 0 Å². The first-order valence-corrected chi connectivity index (χ1v) is 13.8. The van der Waals surface area contributed by atoms with Crippen molar-refractivity contribution in [3.63, 3.8) is 0 Å². The maximum absolute atomic E-state index is 11.6. The van der Waals surface area contributed by atoms with Crippen molar-refractivity contribution in [2.24, 2.45) is 0 Å². The van der Waals surface area contributed by atoms with Crippen molar-refractivity contribution < 1.29 is 58.7 Å². The Morgan fingerprint density at radius 1 is 0.837 bits per heavy atom. The highest BCUT2D eigenvalue weighted by Gasteiger charge is 2.50. The summed E-state index contributed by atoms with van der Waals surface area (Å²) in [5.41, 5.74) is 3.02. The first-order chi connectivity index (χ1) is 20.7. The summed E-state index contributed by atoms with van der Waals surface area (Å²) < 4.78 is 34.7. The van der Waals surface area contributed by atoms with Gasteiger partial charge in [0.25, 0.3) is 0 Å². The lowest BCUT2D eigenvalue weighted by Crippen LogP contribution is -2.61. The molecule has 3 heterocycles. The van der Waals surface area contributed by atoms with E-state index < -0.39 is 55.0 Å². The first kappa shape index (κ1) is 29.0. The first-order valence-electron chi connectivity index (χ1n) is 13.8. The van der Waals surface area contributed by atoms with Gasteiger partial charge in [-0.3, -0.25) is 0 Å². The lowest BCUT2D eigenvalue weighted by atomic mass is 9.86. The molecular formula is C31H32O12. The molecule has 1 fully saturated rings. The van der Waals surface area contributed by atoms with Gasteiger partial charge in [0.05, 0.1) is 20.1 Å². The summed E-state index contributed by atoms with van der Waals surface area (Å²) in [6, 6.07) is 16.6. The Morgan fingerprint density at radius 2 is 1.60 bits per heavy atom. The van der Waals surface area contributed by atoms with Crippen LogP contribution in [0.1, 0.15) is 34.3 Å². The van der Waals surface area contributed by atoms with Crippen LogP contribution in [0.2, 0.25) is 0 Å². The van der Waals surface area contributed by atoms with Gasteiger partial charge in [0.2, 0.25) is 18.3 Å². The van der Waals surface area contributed by atoms with E-state index in [1.165, 1.54) is 20.3 Å². The standard InChI is InChI=1S/C31H32O12/c1-38-18-11-10-16-21-25(42-26(16)27(18)39-2)17-12-15(9-8-14-6-4-3-5-7-14)19(13-20(17)40-30(21)37)41-31-24(34)22(32)23(33)28(43-31)29(35)36/h3-7,10-13,21-25,28,30-34,37H,8-9H2,1-2H3,(H,35,36). The second kappa shape index (κ2) is 11.5. The molecule has 5 N–H and O–H groups in total. The normalized spacial score (nSPS) is 28.9. The van der Waals surface area contributed by atoms with Gasteiger partial charge in [-0.25, -0.2) is 4.79 Å². The number of rotatable bonds is 8. The molecule has 0 aromatic heterocycles. The average Bonchev–Trinajstić information content (AvgIpc) is 3.41. The average molecular weight is 597 g/mol. The van der Waals surface area contributed by atoms with Crippen LogP contribution in [0.5, 0.6) is 28.7 Å². The fourth-order valence-electron chi connectivity index (χ4n) is 5.88. The summed E-state index contributed by atoms with van der Waals surface area (Å²) >= 11 is 0. The SMILES string of the molecule is COc1ccc2c(c1OC)OC1c3cc(CCc4ccccc4)c(OC4OC(C(=O)O)C(O)C(O)C4O)cc3OC(O)C21. The third-order valence-electron chi connectivity index (χ3n) is 8.10. The molecule has 0 saturated carbocycles. The number of aliphatic hydroxyl groups excluding tert-OH is 4. The maximum atomic E-state index is 11.6. The van der Waals surface area contributed by atoms with Gasteiger partial charge in [-0.15, -0.1) is 0 Å². The zero-order valence-corrected chi connectivity index (χ0v) is 23.3. The Kier molecular flexibility index (Phi) is 7.79. The summed E-state index contributed by atoms with van der Waals surface area (Å²) in [5.74, 6) is -0.384. The highest BCUT2D eigenvalue weighted by Crippen LogP contribution is 2.58. The molecule has 12 heteroatoms. The highest BCUT2D eigenvalue weighted by atomic mass is 16.7. The number of aryl methyl sites for hydroxylation is 2. The Morgan fingerprint density at radius 3 is 2.30 bits per heavy atom. The summed E-state index contributed by atoms with van der Waals surface area (Å²) in [7, 11) is 3.02. The smallest absolute Gasteiger partial charge is 0.335 e. The van der Waals surface area contributed by atoms with Crippen molar-refractivity contribution in [3.8, 4) is 28.7 Å². The molecule has 3 aromatic carbocycles. The highest BCUT2D eigenvalue weighted by molar-refractivity contribution is 5.73. The molecule has 0 amide bonds. The molecule has 1 saturated heterocycles. The molecule has 12 nitrogen and oxygen atoms in total. The van der Waals surface area contributed by atoms with E-state index in [9.17, 15) is 30.3 Å². The molecular weight excluding hydrogens is 564 g/mol. The minimum Gasteiger partial charge on any atom is -0.493 e. The van der Waals surface area contributed by atoms with E-state index in [2.05, 4.69) is 0 Å². The topological polar surface area (TPSA) is 174 Å². The summed E-state index contributed by atoms with van der Waals surface area (Å²) in [6.07, 6.45) is -9.80. The fourth-order valence-corrected chi connectivity index (χ4v) is 5.88. The van der Waals surface area contributed by atoms with Crippen LogP contribution in [0.3, 0.4) is 0 Å². The van der Waals surface area contributed by atoms with Crippen molar-refractivity contribution in [1.29, 1.82) is 0 Å². The minimum absolute atomic E-state index is 0.173. The molecule has 228 valence electrons. The van der Waals surface area contributed by atoms with E-state index in [4.69, 9.17) is 28.4 Å². The molecule has 3 aromatic rings. The quantitative estimate of drug-likeness (QED) is 0.255. The molecule has 0 aliphatic carbocycles. The number of aliphatic hydroxyl groups is 4. The number of benzene rings is 3. The number of ether oxygens (including phenoxy) is 6. The summed E-state index contributed by atoms with van der Waals surface area (Å²) in [6.45, 7) is 0. The zero-order valence-electron chi connectivity index (χ0n) is 23.3. The van der Waals surface area contributed by atoms with E-state index in [-0.39, 0.29) is 11.5 Å². The number of hydrogen-bond acceptors (Lipinski definition) is 11. The number of carboxylic acid groups (broad SMARTS) is 1. The van der Waals surface area contributed by atoms with Crippen LogP contribution >= 0.6 is 0 Å². The second-order valence-electron chi connectivity index (χ2n) is 10.6. The third-order valence-corrected chi connectivity index (χ3v) is 8.10. The largest absolute Gasteiger partial charge is 0.493 e. The number of methoxy groups -OCH3 is 2. The van der Waals surface area contributed by atoms with Crippen molar-refractivity contribution in [1.82, 2.24) is 0 Å². The zero-order chi connectivity index (χ0) is 30.4. The molecule has 8 atom stereocenters. The van der Waals surface area contributed by atoms with Crippen LogP contribution in [-0.2, 0) is 22.4 Å². The van der Waals surface area contributed by atoms with Crippen LogP contribution in [0.25, 0.3) is 0 Å². The minimum atomic E-state index is -1.86. The second-order valence-corrected chi connectivity index (χ2v) is 10.6. The molecule has 0 radical (unpaired) electrons. The van der Waals surface area contributed by atoms with Gasteiger partial charge in [0.15, 0.2) is 17.6 Å². The Balaban J connectivity index is 1.38. The monoisotopic (exact) mass is 596 g/mol. The van der Waals surface area contributed by atoms with Crippen molar-refractivity contribution in [3.05, 3.63) is 76.9 Å². The van der Waals surface area contributed by atoms with Crippen LogP contribution in [0.4, 0.5) is 0 Å². The Bertz CT molecular complexity index is 1490. The summed E-state index contributed by atoms with van der Waals surface area (Å²) in [4.78, 5) is 11.6. The van der Waals surface area contributed by atoms with Gasteiger partial charge in [-0.1, -0.05) is 36.4 Å². The van der Waals surface area contributed by atoms with Crippen molar-refractivity contribution in [2.45, 2.75) is 61.9 Å². The number of aliphatic carboxylic acids is 1. The molecule has 8 unspecified atom stereocenters. The molecule has 3 aliphatic rings. The van der Waals surface area contributed by atoms with Crippen LogP contribution < -0.4 is 23.7 Å². The maximum Gasteiger partial charge on any atom is 0.335 e. The molecule has 0 spiro atoms. The fraction of sp³-hybridized carbons (Fsp3) is 0.387. The van der Waals surface area contributed by atoms with Crippen molar-refractivity contribution >= 4 is 5.97 Å². The predicted octanol–water partition coefficient (Wildman–Crippen LogP) is 1.69. The number of fused-ring (bicyclic) bond motifs is 5. The van der Waals surface area contributed by atoms with E-state index in [1.807, 2.05) is 36.4 Å². The molecule has 43 heavy (non-hydrogen) atoms. The van der Waals surface area contributed by atoms with E-state index in [0.29, 0.717) is 46.8 Å². The predicted molar refractivity (Wildman–Crippen MR) is 148 cm³/mol. The molecule has 3 aliphatic heterocycles. The van der Waals surface area contributed by atoms with E-state index in [0.717, 1.165) is 5.56 Å². The third kappa shape index (κ3) is 5.11. The van der Waals surface area contributed by atoms with Gasteiger partial charge in [-0.05, 0) is 36.1 Å². The lowest BCUT2D eigenvalue weighted by molar-refractivity contribution is -0.271. The molecule has 6 rings (SSSR count). The number of hydrogen-bond donors (Lipinski definition) is 5. The van der Waals surface area contributed by atoms with Crippen LogP contribution in [-0.4, -0.2) is 82.7 Å². The molecule has 0 bridgehead atoms. The number of carbonyl (C=O) groups is 1. The van der Waals surface area contributed by atoms with E-state index >= 15 is 0 Å². The van der Waals surface area contributed by atoms with E-state index in [1.54, 1.807) is 12.1 Å².